The molecule has 0 N–H and O–H groups in total. The molecule has 2 atom stereocenters. The van der Waals surface area contributed by atoms with Crippen LogP contribution >= 0.6 is 0 Å². The Labute approximate surface area is 163 Å². The highest BCUT2D eigenvalue weighted by Gasteiger charge is 2.38. The molecular formula is C23H23F2NO2. The van der Waals surface area contributed by atoms with E-state index in [4.69, 9.17) is 4.74 Å². The first-order chi connectivity index (χ1) is 13.6. The number of rotatable bonds is 4. The summed E-state index contributed by atoms with van der Waals surface area (Å²) in [5.74, 6) is -1.08. The predicted molar refractivity (Wildman–Crippen MR) is 103 cm³/mol. The van der Waals surface area contributed by atoms with E-state index in [2.05, 4.69) is 6.08 Å². The van der Waals surface area contributed by atoms with Crippen molar-refractivity contribution in [3.8, 4) is 0 Å². The Morgan fingerprint density at radius 2 is 1.93 bits per heavy atom. The fraction of sp³-hybridized carbons (Fsp3) is 0.348. The Hall–Kier alpha value is -2.69. The lowest BCUT2D eigenvalue weighted by atomic mass is 9.83. The normalized spacial score (nSPS) is 21.2. The average molecular weight is 383 g/mol. The van der Waals surface area contributed by atoms with Gasteiger partial charge in [0, 0.05) is 12.1 Å². The van der Waals surface area contributed by atoms with Crippen molar-refractivity contribution in [1.29, 1.82) is 0 Å². The molecule has 2 aromatic carbocycles. The third-order valence-corrected chi connectivity index (χ3v) is 5.56. The number of amides is 1. The molecule has 0 saturated carbocycles. The van der Waals surface area contributed by atoms with Crippen molar-refractivity contribution < 1.29 is 18.3 Å². The van der Waals surface area contributed by atoms with Gasteiger partial charge in [-0.15, -0.1) is 0 Å². The van der Waals surface area contributed by atoms with E-state index >= 15 is 0 Å². The molecule has 2 aromatic rings. The van der Waals surface area contributed by atoms with Crippen molar-refractivity contribution in [2.24, 2.45) is 0 Å². The molecule has 2 aliphatic heterocycles. The number of nitrogens with zero attached hydrogens (tertiary/aromatic N) is 1. The molecule has 3 nitrogen and oxygen atoms in total. The van der Waals surface area contributed by atoms with Crippen molar-refractivity contribution >= 4 is 6.09 Å². The highest BCUT2D eigenvalue weighted by atomic mass is 19.1. The van der Waals surface area contributed by atoms with Crippen molar-refractivity contribution in [3.63, 3.8) is 0 Å². The monoisotopic (exact) mass is 383 g/mol. The predicted octanol–water partition coefficient (Wildman–Crippen LogP) is 5.40. The Morgan fingerprint density at radius 3 is 2.68 bits per heavy atom. The highest BCUT2D eigenvalue weighted by Crippen LogP contribution is 2.35. The summed E-state index contributed by atoms with van der Waals surface area (Å²) in [7, 11) is 0. The zero-order valence-corrected chi connectivity index (χ0v) is 15.6. The second-order valence-corrected chi connectivity index (χ2v) is 7.54. The summed E-state index contributed by atoms with van der Waals surface area (Å²) in [4.78, 5) is 14.6. The first-order valence-electron chi connectivity index (χ1n) is 9.72. The zero-order chi connectivity index (χ0) is 19.5. The molecule has 2 bridgehead atoms. The maximum atomic E-state index is 14.0. The molecule has 1 amide bonds. The topological polar surface area (TPSA) is 29.5 Å². The first kappa shape index (κ1) is 18.7. The SMILES string of the molecule is O=C(OCc1ccccc1)N1C2C=C(Cc3ccc(F)cc3F)CC1CCC2. The minimum Gasteiger partial charge on any atom is -0.445 e. The smallest absolute Gasteiger partial charge is 0.410 e. The largest absolute Gasteiger partial charge is 0.445 e. The number of benzene rings is 2. The van der Waals surface area contributed by atoms with Gasteiger partial charge in [-0.1, -0.05) is 48.0 Å². The van der Waals surface area contributed by atoms with Crippen LogP contribution in [0, 0.1) is 11.6 Å². The van der Waals surface area contributed by atoms with E-state index in [0.29, 0.717) is 18.4 Å². The summed E-state index contributed by atoms with van der Waals surface area (Å²) in [6, 6.07) is 13.4. The zero-order valence-electron chi connectivity index (χ0n) is 15.6. The van der Waals surface area contributed by atoms with Crippen LogP contribution < -0.4 is 0 Å². The van der Waals surface area contributed by atoms with Crippen molar-refractivity contribution in [3.05, 3.63) is 82.9 Å². The summed E-state index contributed by atoms with van der Waals surface area (Å²) in [6.07, 6.45) is 5.79. The summed E-state index contributed by atoms with van der Waals surface area (Å²) in [5, 5.41) is 0. The molecule has 0 spiro atoms. The third kappa shape index (κ3) is 4.08. The molecule has 4 rings (SSSR count). The summed E-state index contributed by atoms with van der Waals surface area (Å²) in [5.41, 5.74) is 2.55. The molecule has 0 radical (unpaired) electrons. The number of fused-ring (bicyclic) bond motifs is 2. The standard InChI is InChI=1S/C23H23F2NO2/c24-19-10-9-18(22(25)14-19)11-17-12-20-7-4-8-21(13-17)26(20)23(27)28-15-16-5-2-1-3-6-16/h1-3,5-6,9-10,12,14,20-21H,4,7-8,11,13,15H2. The maximum absolute atomic E-state index is 14.0. The molecule has 5 heteroatoms. The van der Waals surface area contributed by atoms with Crippen LogP contribution in [0.2, 0.25) is 0 Å². The molecule has 1 saturated heterocycles. The Kier molecular flexibility index (Phi) is 5.42. The van der Waals surface area contributed by atoms with E-state index in [1.54, 1.807) is 0 Å². The van der Waals surface area contributed by atoms with Gasteiger partial charge in [-0.2, -0.15) is 0 Å². The van der Waals surface area contributed by atoms with Crippen LogP contribution in [0.4, 0.5) is 13.6 Å². The molecule has 2 unspecified atom stereocenters. The average Bonchev–Trinajstić information content (AvgIpc) is 2.68. The van der Waals surface area contributed by atoms with E-state index in [1.165, 1.54) is 12.1 Å². The number of ether oxygens (including phenoxy) is 1. The Bertz CT molecular complexity index is 881. The van der Waals surface area contributed by atoms with E-state index in [9.17, 15) is 13.6 Å². The number of hydrogen-bond acceptors (Lipinski definition) is 2. The molecule has 146 valence electrons. The molecular weight excluding hydrogens is 360 g/mol. The van der Waals surface area contributed by atoms with Crippen molar-refractivity contribution in [1.82, 2.24) is 4.90 Å². The first-order valence-corrected chi connectivity index (χ1v) is 9.72. The lowest BCUT2D eigenvalue weighted by Crippen LogP contribution is -2.52. The number of piperidine rings is 1. The molecule has 1 fully saturated rings. The van der Waals surface area contributed by atoms with Gasteiger partial charge in [0.05, 0.1) is 6.04 Å². The van der Waals surface area contributed by atoms with Crippen molar-refractivity contribution in [2.75, 3.05) is 0 Å². The lowest BCUT2D eigenvalue weighted by Gasteiger charge is -2.44. The van der Waals surface area contributed by atoms with Crippen LogP contribution in [0.3, 0.4) is 0 Å². The van der Waals surface area contributed by atoms with E-state index < -0.39 is 11.6 Å². The minimum absolute atomic E-state index is 0.0192. The van der Waals surface area contributed by atoms with Gasteiger partial charge in [0.2, 0.25) is 0 Å². The minimum atomic E-state index is -0.567. The van der Waals surface area contributed by atoms with E-state index in [0.717, 1.165) is 36.5 Å². The van der Waals surface area contributed by atoms with Gasteiger partial charge in [0.1, 0.15) is 18.2 Å². The second kappa shape index (κ2) is 8.13. The van der Waals surface area contributed by atoms with Crippen LogP contribution in [0.1, 0.15) is 36.8 Å². The summed E-state index contributed by atoms with van der Waals surface area (Å²) < 4.78 is 32.7. The highest BCUT2D eigenvalue weighted by molar-refractivity contribution is 5.69. The van der Waals surface area contributed by atoms with E-state index in [-0.39, 0.29) is 24.8 Å². The fourth-order valence-corrected chi connectivity index (χ4v) is 4.24. The number of halogens is 2. The van der Waals surface area contributed by atoms with Crippen LogP contribution in [0.15, 0.2) is 60.2 Å². The maximum Gasteiger partial charge on any atom is 0.410 e. The molecule has 2 aliphatic rings. The van der Waals surface area contributed by atoms with Gasteiger partial charge in [-0.05, 0) is 49.3 Å². The van der Waals surface area contributed by atoms with Gasteiger partial charge in [-0.3, -0.25) is 4.90 Å². The molecule has 2 heterocycles. The van der Waals surface area contributed by atoms with Crippen LogP contribution in [0.25, 0.3) is 0 Å². The fourth-order valence-electron chi connectivity index (χ4n) is 4.24. The summed E-state index contributed by atoms with van der Waals surface area (Å²) >= 11 is 0. The number of carbonyl (C=O) groups excluding carboxylic acids is 1. The van der Waals surface area contributed by atoms with Gasteiger partial charge in [0.25, 0.3) is 0 Å². The van der Waals surface area contributed by atoms with Crippen molar-refractivity contribution in [2.45, 2.75) is 50.8 Å². The van der Waals surface area contributed by atoms with Gasteiger partial charge >= 0.3 is 6.09 Å². The molecule has 0 aliphatic carbocycles. The number of hydrogen-bond donors (Lipinski definition) is 0. The van der Waals surface area contributed by atoms with Crippen LogP contribution in [-0.4, -0.2) is 23.1 Å². The van der Waals surface area contributed by atoms with Gasteiger partial charge in [-0.25, -0.2) is 13.6 Å². The Balaban J connectivity index is 1.45. The quantitative estimate of drug-likeness (QED) is 0.662. The third-order valence-electron chi connectivity index (χ3n) is 5.56. The molecule has 0 aromatic heterocycles. The lowest BCUT2D eigenvalue weighted by molar-refractivity contribution is 0.0481. The number of carbonyl (C=O) groups is 1. The Morgan fingerprint density at radius 1 is 1.11 bits per heavy atom. The molecule has 28 heavy (non-hydrogen) atoms. The van der Waals surface area contributed by atoms with Crippen LogP contribution in [-0.2, 0) is 17.8 Å². The van der Waals surface area contributed by atoms with E-state index in [1.807, 2.05) is 35.2 Å². The summed E-state index contributed by atoms with van der Waals surface area (Å²) in [6.45, 7) is 0.257. The second-order valence-electron chi connectivity index (χ2n) is 7.54. The van der Waals surface area contributed by atoms with Gasteiger partial charge < -0.3 is 4.74 Å². The van der Waals surface area contributed by atoms with Gasteiger partial charge in [0.15, 0.2) is 0 Å². The van der Waals surface area contributed by atoms with Crippen LogP contribution in [0.5, 0.6) is 0 Å².